The van der Waals surface area contributed by atoms with Crippen molar-refractivity contribution in [3.63, 3.8) is 0 Å². The van der Waals surface area contributed by atoms with Crippen LogP contribution in [-0.4, -0.2) is 84.3 Å². The molecule has 0 radical (unpaired) electrons. The third-order valence-corrected chi connectivity index (χ3v) is 7.81. The summed E-state index contributed by atoms with van der Waals surface area (Å²) in [5.74, 6) is -0.537. The zero-order valence-electron chi connectivity index (χ0n) is 23.3. The van der Waals surface area contributed by atoms with E-state index in [1.165, 1.54) is 12.3 Å². The molecular formula is C29H35F2N7O3. The molecule has 3 aromatic rings. The lowest BCUT2D eigenvalue weighted by molar-refractivity contribution is 0.102. The summed E-state index contributed by atoms with van der Waals surface area (Å²) >= 11 is 0. The molecule has 12 heteroatoms. The number of aromatic nitrogens is 3. The molecule has 4 heterocycles. The SMILES string of the molecule is CCN(CC)[C@@H]1CCN(c2cc(F)c(-c3cnc(N4CCOCC4)nc3)cc2NC(=O)c2c[nH]c(=O)cc2CF)C1. The number of carbonyl (C=O) groups is 1. The van der Waals surface area contributed by atoms with E-state index in [1.807, 2.05) is 4.90 Å². The maximum atomic E-state index is 15.7. The Labute approximate surface area is 237 Å². The number of morpholine rings is 1. The van der Waals surface area contributed by atoms with Crippen LogP contribution in [0.4, 0.5) is 26.1 Å². The molecule has 10 nitrogen and oxygen atoms in total. The third-order valence-electron chi connectivity index (χ3n) is 7.81. The number of ether oxygens (including phenoxy) is 1. The minimum absolute atomic E-state index is 0.00422. The largest absolute Gasteiger partial charge is 0.378 e. The van der Waals surface area contributed by atoms with Gasteiger partial charge in [-0.1, -0.05) is 13.8 Å². The number of hydrogen-bond acceptors (Lipinski definition) is 8. The maximum Gasteiger partial charge on any atom is 0.257 e. The normalized spacial score (nSPS) is 17.3. The number of H-pyrrole nitrogens is 1. The summed E-state index contributed by atoms with van der Waals surface area (Å²) < 4.78 is 34.8. The number of hydrogen-bond donors (Lipinski definition) is 2. The van der Waals surface area contributed by atoms with Gasteiger partial charge >= 0.3 is 0 Å². The summed E-state index contributed by atoms with van der Waals surface area (Å²) in [6.07, 6.45) is 5.23. The highest BCUT2D eigenvalue weighted by Crippen LogP contribution is 2.36. The van der Waals surface area contributed by atoms with Gasteiger partial charge in [-0.15, -0.1) is 0 Å². The Balaban J connectivity index is 1.49. The first-order valence-electron chi connectivity index (χ1n) is 14.0. The Kier molecular flexibility index (Phi) is 8.89. The smallest absolute Gasteiger partial charge is 0.257 e. The van der Waals surface area contributed by atoms with Crippen molar-refractivity contribution in [1.29, 1.82) is 0 Å². The van der Waals surface area contributed by atoms with Gasteiger partial charge in [0.15, 0.2) is 0 Å². The average molecular weight is 568 g/mol. The zero-order valence-corrected chi connectivity index (χ0v) is 23.3. The number of likely N-dealkylation sites (N-methyl/N-ethyl adjacent to an activating group) is 1. The molecule has 2 saturated heterocycles. The van der Waals surface area contributed by atoms with Crippen LogP contribution in [0.15, 0.2) is 41.6 Å². The molecule has 0 aliphatic carbocycles. The van der Waals surface area contributed by atoms with Gasteiger partial charge in [0.25, 0.3) is 5.91 Å². The molecule has 1 atom stereocenters. The predicted molar refractivity (Wildman–Crippen MR) is 154 cm³/mol. The highest BCUT2D eigenvalue weighted by molar-refractivity contribution is 6.07. The Morgan fingerprint density at radius 2 is 1.85 bits per heavy atom. The topological polar surface area (TPSA) is 107 Å². The molecule has 2 aliphatic rings. The highest BCUT2D eigenvalue weighted by Gasteiger charge is 2.29. The van der Waals surface area contributed by atoms with E-state index in [4.69, 9.17) is 4.74 Å². The molecule has 2 aromatic heterocycles. The molecule has 0 unspecified atom stereocenters. The van der Waals surface area contributed by atoms with Gasteiger partial charge in [-0.25, -0.2) is 18.7 Å². The number of nitrogens with one attached hydrogen (secondary N) is 2. The van der Waals surface area contributed by atoms with E-state index in [2.05, 4.69) is 43.9 Å². The minimum atomic E-state index is -0.974. The molecule has 1 amide bonds. The molecule has 0 spiro atoms. The monoisotopic (exact) mass is 567 g/mol. The van der Waals surface area contributed by atoms with Crippen molar-refractivity contribution >= 4 is 23.2 Å². The van der Waals surface area contributed by atoms with Gasteiger partial charge in [-0.05, 0) is 31.6 Å². The summed E-state index contributed by atoms with van der Waals surface area (Å²) in [5, 5.41) is 2.86. The fraction of sp³-hybridized carbons (Fsp3) is 0.448. The first-order valence-corrected chi connectivity index (χ1v) is 14.0. The third kappa shape index (κ3) is 6.23. The molecule has 0 bridgehead atoms. The molecule has 1 aromatic carbocycles. The number of rotatable bonds is 9. The Hall–Kier alpha value is -3.90. The number of pyridine rings is 1. The second-order valence-corrected chi connectivity index (χ2v) is 10.2. The van der Waals surface area contributed by atoms with E-state index in [-0.39, 0.29) is 16.7 Å². The molecular weight excluding hydrogens is 532 g/mol. The number of aromatic amines is 1. The van der Waals surface area contributed by atoms with Crippen LogP contribution >= 0.6 is 0 Å². The van der Waals surface area contributed by atoms with Crippen LogP contribution in [0.3, 0.4) is 0 Å². The molecule has 218 valence electrons. The second-order valence-electron chi connectivity index (χ2n) is 10.2. The second kappa shape index (κ2) is 12.7. The number of benzene rings is 1. The van der Waals surface area contributed by atoms with Crippen LogP contribution < -0.4 is 20.7 Å². The van der Waals surface area contributed by atoms with Crippen LogP contribution in [0.1, 0.15) is 36.2 Å². The van der Waals surface area contributed by atoms with Crippen molar-refractivity contribution in [3.8, 4) is 11.1 Å². The summed E-state index contributed by atoms with van der Waals surface area (Å²) in [5.41, 5.74) is 1.07. The standard InChI is InChI=1S/C29H35F2N7O3/c1-3-36(4-2)21-5-6-38(18-21)26-13-24(31)22(20-15-33-29(34-16-20)37-7-9-41-10-8-37)12-25(26)35-28(40)23-17-32-27(39)11-19(23)14-30/h11-13,15-17,21H,3-10,14,18H2,1-2H3,(H,32,39)(H,35,40)/t21-/m1/s1. The van der Waals surface area contributed by atoms with E-state index < -0.39 is 24.0 Å². The van der Waals surface area contributed by atoms with Crippen LogP contribution in [0.25, 0.3) is 11.1 Å². The van der Waals surface area contributed by atoms with E-state index in [0.717, 1.165) is 25.6 Å². The molecule has 2 N–H and O–H groups in total. The van der Waals surface area contributed by atoms with E-state index in [9.17, 15) is 14.0 Å². The van der Waals surface area contributed by atoms with Crippen molar-refractivity contribution in [2.75, 3.05) is 67.6 Å². The number of carbonyl (C=O) groups excluding carboxylic acids is 1. The van der Waals surface area contributed by atoms with Gasteiger partial charge in [0.2, 0.25) is 11.5 Å². The lowest BCUT2D eigenvalue weighted by Gasteiger charge is -2.28. The Morgan fingerprint density at radius 1 is 1.12 bits per heavy atom. The number of amides is 1. The zero-order chi connectivity index (χ0) is 28.9. The number of halogens is 2. The number of anilines is 3. The molecule has 0 saturated carbocycles. The molecule has 2 aliphatic heterocycles. The van der Waals surface area contributed by atoms with E-state index in [1.54, 1.807) is 18.5 Å². The fourth-order valence-corrected chi connectivity index (χ4v) is 5.56. The van der Waals surface area contributed by atoms with Crippen LogP contribution in [0.2, 0.25) is 0 Å². The van der Waals surface area contributed by atoms with Crippen LogP contribution in [0, 0.1) is 5.82 Å². The Morgan fingerprint density at radius 3 is 2.54 bits per heavy atom. The highest BCUT2D eigenvalue weighted by atomic mass is 19.1. The van der Waals surface area contributed by atoms with Crippen molar-refractivity contribution in [2.24, 2.45) is 0 Å². The summed E-state index contributed by atoms with van der Waals surface area (Å²) in [4.78, 5) is 42.8. The van der Waals surface area contributed by atoms with Gasteiger partial charge in [-0.2, -0.15) is 0 Å². The first-order chi connectivity index (χ1) is 19.9. The van der Waals surface area contributed by atoms with Gasteiger partial charge < -0.3 is 24.8 Å². The number of alkyl halides is 1. The average Bonchev–Trinajstić information content (AvgIpc) is 3.48. The summed E-state index contributed by atoms with van der Waals surface area (Å²) in [6, 6.07) is 4.36. The lowest BCUT2D eigenvalue weighted by atomic mass is 10.0. The van der Waals surface area contributed by atoms with Crippen molar-refractivity contribution < 1.29 is 18.3 Å². The fourth-order valence-electron chi connectivity index (χ4n) is 5.56. The molecule has 5 rings (SSSR count). The van der Waals surface area contributed by atoms with Gasteiger partial charge in [0.05, 0.1) is 30.2 Å². The molecule has 2 fully saturated rings. The van der Waals surface area contributed by atoms with E-state index in [0.29, 0.717) is 68.3 Å². The quantitative estimate of drug-likeness (QED) is 0.405. The lowest BCUT2D eigenvalue weighted by Crippen LogP contribution is -2.37. The van der Waals surface area contributed by atoms with Crippen LogP contribution in [0.5, 0.6) is 0 Å². The van der Waals surface area contributed by atoms with Crippen molar-refractivity contribution in [1.82, 2.24) is 19.9 Å². The number of nitrogens with zero attached hydrogens (tertiary/aromatic N) is 5. The minimum Gasteiger partial charge on any atom is -0.378 e. The van der Waals surface area contributed by atoms with Gasteiger partial charge in [0, 0.05) is 73.6 Å². The van der Waals surface area contributed by atoms with Crippen molar-refractivity contribution in [2.45, 2.75) is 33.0 Å². The predicted octanol–water partition coefficient (Wildman–Crippen LogP) is 3.45. The van der Waals surface area contributed by atoms with Crippen LogP contribution in [-0.2, 0) is 11.4 Å². The maximum absolute atomic E-state index is 15.7. The van der Waals surface area contributed by atoms with Gasteiger partial charge in [0.1, 0.15) is 12.5 Å². The summed E-state index contributed by atoms with van der Waals surface area (Å²) in [7, 11) is 0. The van der Waals surface area contributed by atoms with Crippen molar-refractivity contribution in [3.05, 3.63) is 64.1 Å². The summed E-state index contributed by atoms with van der Waals surface area (Å²) in [6.45, 7) is 8.97. The van der Waals surface area contributed by atoms with Gasteiger partial charge in [-0.3, -0.25) is 14.5 Å². The van der Waals surface area contributed by atoms with E-state index >= 15 is 4.39 Å². The molecule has 41 heavy (non-hydrogen) atoms. The first kappa shape index (κ1) is 28.6. The Bertz CT molecular complexity index is 1420.